The molecule has 0 aliphatic rings. The molecule has 2 aromatic carbocycles. The van der Waals surface area contributed by atoms with E-state index in [0.717, 1.165) is 103 Å². The number of nitrogens with two attached hydrogens (primary N) is 2. The van der Waals surface area contributed by atoms with Gasteiger partial charge in [-0.15, -0.1) is 10.2 Å². The van der Waals surface area contributed by atoms with Gasteiger partial charge in [0.25, 0.3) is 11.9 Å². The molecular formula is C61H99N15O4S2. The summed E-state index contributed by atoms with van der Waals surface area (Å²) in [6, 6.07) is 13.1. The molecule has 82 heavy (non-hydrogen) atoms. The second-order valence-corrected chi connectivity index (χ2v) is 28.1. The molecule has 0 saturated heterocycles. The van der Waals surface area contributed by atoms with Crippen LogP contribution in [0.3, 0.4) is 0 Å². The minimum atomic E-state index is -3.81. The lowest BCUT2D eigenvalue weighted by Gasteiger charge is -2.30. The Hall–Kier alpha value is -5.51. The molecule has 4 unspecified atom stereocenters. The first-order valence-corrected chi connectivity index (χ1v) is 33.3. The van der Waals surface area contributed by atoms with Crippen LogP contribution in [0.1, 0.15) is 211 Å². The SMILES string of the molecule is CCCCC(CC)CN(CC(CC)CCCC)S(=O)(=O)c1ccc(/N=N/c2c(C(C)(C)C)nn(-c3ncnc(-n4nc(C(C)(C)C)c(/N=N/c5ccc(S(=O)(=O)N(CC(CC)CCCC)CC(CC)CCCC)cc5)c4N)n3)c2N)cc1. The first-order valence-electron chi connectivity index (χ1n) is 30.4. The van der Waals surface area contributed by atoms with Gasteiger partial charge in [0.15, 0.2) is 23.0 Å². The normalized spacial score (nSPS) is 14.4. The smallest absolute Gasteiger partial charge is 0.257 e. The van der Waals surface area contributed by atoms with Crippen LogP contribution in [0.4, 0.5) is 34.4 Å². The number of anilines is 2. The number of sulfonamides is 2. The number of hydrogen-bond acceptors (Lipinski definition) is 15. The van der Waals surface area contributed by atoms with Gasteiger partial charge in [0, 0.05) is 37.0 Å². The van der Waals surface area contributed by atoms with Crippen molar-refractivity contribution in [2.45, 2.75) is 220 Å². The number of unbranched alkanes of at least 4 members (excludes halogenated alkanes) is 4. The van der Waals surface area contributed by atoms with Crippen LogP contribution >= 0.6 is 0 Å². The molecule has 0 aliphatic carbocycles. The second kappa shape index (κ2) is 30.9. The molecule has 3 aromatic heterocycles. The van der Waals surface area contributed by atoms with Crippen molar-refractivity contribution in [2.24, 2.45) is 44.1 Å². The number of rotatable bonds is 34. The van der Waals surface area contributed by atoms with Crippen LogP contribution < -0.4 is 11.5 Å². The second-order valence-electron chi connectivity index (χ2n) is 24.3. The molecule has 5 aromatic rings. The fraction of sp³-hybridized carbons (Fsp3) is 0.656. The summed E-state index contributed by atoms with van der Waals surface area (Å²) in [5.41, 5.74) is 15.1. The molecule has 0 radical (unpaired) electrons. The van der Waals surface area contributed by atoms with E-state index in [1.54, 1.807) is 57.1 Å². The number of benzene rings is 2. The van der Waals surface area contributed by atoms with Crippen LogP contribution in [0.5, 0.6) is 0 Å². The number of azo groups is 2. The van der Waals surface area contributed by atoms with Gasteiger partial charge in [-0.3, -0.25) is 0 Å². The van der Waals surface area contributed by atoms with Gasteiger partial charge in [-0.2, -0.15) is 53.4 Å². The molecule has 454 valence electrons. The topological polar surface area (TPSA) is 251 Å². The lowest BCUT2D eigenvalue weighted by molar-refractivity contribution is 0.270. The van der Waals surface area contributed by atoms with Gasteiger partial charge in [0.2, 0.25) is 20.0 Å². The molecule has 3 heterocycles. The van der Waals surface area contributed by atoms with Gasteiger partial charge >= 0.3 is 0 Å². The highest BCUT2D eigenvalue weighted by molar-refractivity contribution is 7.89. The monoisotopic (exact) mass is 1170 g/mol. The van der Waals surface area contributed by atoms with E-state index >= 15 is 0 Å². The van der Waals surface area contributed by atoms with Crippen LogP contribution in [0.2, 0.25) is 0 Å². The minimum Gasteiger partial charge on any atom is -0.382 e. The number of aromatic nitrogens is 7. The Morgan fingerprint density at radius 1 is 0.476 bits per heavy atom. The summed E-state index contributed by atoms with van der Waals surface area (Å²) < 4.78 is 63.9. The van der Waals surface area contributed by atoms with E-state index in [4.69, 9.17) is 26.6 Å². The highest BCUT2D eigenvalue weighted by Gasteiger charge is 2.33. The van der Waals surface area contributed by atoms with Crippen molar-refractivity contribution in [1.82, 2.24) is 43.1 Å². The number of nitrogen functional groups attached to an aromatic ring is 2. The molecule has 0 fully saturated rings. The van der Waals surface area contributed by atoms with E-state index in [-0.39, 0.29) is 57.0 Å². The largest absolute Gasteiger partial charge is 0.382 e. The highest BCUT2D eigenvalue weighted by Crippen LogP contribution is 2.40. The van der Waals surface area contributed by atoms with Crippen molar-refractivity contribution >= 4 is 54.4 Å². The number of hydrogen-bond donors (Lipinski definition) is 2. The third-order valence-electron chi connectivity index (χ3n) is 15.6. The quantitative estimate of drug-likeness (QED) is 0.0366. The van der Waals surface area contributed by atoms with E-state index < -0.39 is 30.9 Å². The predicted octanol–water partition coefficient (Wildman–Crippen LogP) is 15.7. The molecule has 0 amide bonds. The van der Waals surface area contributed by atoms with E-state index in [1.807, 2.05) is 41.5 Å². The molecule has 19 nitrogen and oxygen atoms in total. The van der Waals surface area contributed by atoms with Gasteiger partial charge in [0.05, 0.1) is 32.6 Å². The molecule has 21 heteroatoms. The Morgan fingerprint density at radius 3 is 1.02 bits per heavy atom. The van der Waals surface area contributed by atoms with Crippen LogP contribution in [0.25, 0.3) is 11.9 Å². The van der Waals surface area contributed by atoms with E-state index in [1.165, 1.54) is 15.7 Å². The van der Waals surface area contributed by atoms with Crippen molar-refractivity contribution in [1.29, 1.82) is 0 Å². The average molecular weight is 1170 g/mol. The summed E-state index contributed by atoms with van der Waals surface area (Å²) in [6.07, 6.45) is 17.5. The molecule has 5 rings (SSSR count). The Labute approximate surface area is 492 Å². The fourth-order valence-corrected chi connectivity index (χ4v) is 13.3. The molecule has 0 aliphatic heterocycles. The maximum absolute atomic E-state index is 14.4. The van der Waals surface area contributed by atoms with E-state index in [2.05, 4.69) is 85.8 Å². The Bertz CT molecular complexity index is 2810. The van der Waals surface area contributed by atoms with Crippen LogP contribution in [0.15, 0.2) is 85.1 Å². The molecule has 0 bridgehead atoms. The lowest BCUT2D eigenvalue weighted by Crippen LogP contribution is -2.39. The Balaban J connectivity index is 1.44. The third kappa shape index (κ3) is 17.8. The number of nitrogens with zero attached hydrogens (tertiary/aromatic N) is 13. The standard InChI is InChI=1S/C61H99N15O4S2/c1-15-23-27-44(19-5)39-73(40-45(20-6)28-24-16-2)81(77,78)50-35-31-48(32-36-50)67-69-52-54(60(9,10)11)71-75(56(52)62)58-64-43-65-59(66-58)76-57(63)53(55(72-76)61(12,13)14)70-68-49-33-37-51(38-34-49)82(79,80)74(41-46(21-7)29-25-17-3)42-47(22-8)30-26-18-4/h31-38,43-47H,15-30,39-42,62-63H2,1-14H3/b69-67+,70-68+. The summed E-state index contributed by atoms with van der Waals surface area (Å²) in [6.45, 7) is 31.1. The van der Waals surface area contributed by atoms with Crippen LogP contribution in [-0.2, 0) is 30.9 Å². The zero-order valence-electron chi connectivity index (χ0n) is 52.1. The van der Waals surface area contributed by atoms with Crippen LogP contribution in [0, 0.1) is 23.7 Å². The van der Waals surface area contributed by atoms with Gasteiger partial charge in [0.1, 0.15) is 6.33 Å². The summed E-state index contributed by atoms with van der Waals surface area (Å²) in [7, 11) is -7.61. The third-order valence-corrected chi connectivity index (χ3v) is 19.3. The molecule has 4 atom stereocenters. The zero-order chi connectivity index (χ0) is 60.4. The van der Waals surface area contributed by atoms with Crippen molar-refractivity contribution in [3.63, 3.8) is 0 Å². The average Bonchev–Trinajstić information content (AvgIpc) is 3.80. The molecule has 0 saturated carbocycles. The predicted molar refractivity (Wildman–Crippen MR) is 332 cm³/mol. The summed E-state index contributed by atoms with van der Waals surface area (Å²) in [5.74, 6) is 1.48. The van der Waals surface area contributed by atoms with Crippen molar-refractivity contribution in [3.05, 3.63) is 66.2 Å². The molecule has 0 spiro atoms. The fourth-order valence-electron chi connectivity index (χ4n) is 10.1. The van der Waals surface area contributed by atoms with Gasteiger partial charge in [-0.25, -0.2) is 16.8 Å². The first-order chi connectivity index (χ1) is 38.9. The summed E-state index contributed by atoms with van der Waals surface area (Å²) >= 11 is 0. The Kier molecular flexibility index (Phi) is 25.3. The highest BCUT2D eigenvalue weighted by atomic mass is 32.2. The van der Waals surface area contributed by atoms with Crippen LogP contribution in [-0.4, -0.2) is 86.1 Å². The van der Waals surface area contributed by atoms with Crippen molar-refractivity contribution in [3.8, 4) is 11.9 Å². The minimum absolute atomic E-state index is 0.0647. The van der Waals surface area contributed by atoms with Gasteiger partial charge in [-0.05, 0) is 97.9 Å². The zero-order valence-corrected chi connectivity index (χ0v) is 53.7. The van der Waals surface area contributed by atoms with Gasteiger partial charge in [-0.1, -0.05) is 174 Å². The Morgan fingerprint density at radius 2 is 0.768 bits per heavy atom. The first kappa shape index (κ1) is 67.3. The summed E-state index contributed by atoms with van der Waals surface area (Å²) in [5, 5.41) is 28.0. The van der Waals surface area contributed by atoms with Crippen molar-refractivity contribution in [2.75, 3.05) is 37.6 Å². The van der Waals surface area contributed by atoms with E-state index in [9.17, 15) is 16.8 Å². The summed E-state index contributed by atoms with van der Waals surface area (Å²) in [4.78, 5) is 14.1. The molecular weight excluding hydrogens is 1070 g/mol. The maximum Gasteiger partial charge on any atom is 0.257 e. The maximum atomic E-state index is 14.4. The molecule has 4 N–H and O–H groups in total. The lowest BCUT2D eigenvalue weighted by atomic mass is 9.91. The van der Waals surface area contributed by atoms with Crippen molar-refractivity contribution < 1.29 is 16.8 Å². The van der Waals surface area contributed by atoms with E-state index in [0.29, 0.717) is 60.3 Å². The van der Waals surface area contributed by atoms with Gasteiger partial charge < -0.3 is 11.5 Å².